The molecule has 2 nitrogen and oxygen atoms in total. The van der Waals surface area contributed by atoms with Crippen molar-refractivity contribution in [3.63, 3.8) is 0 Å². The Labute approximate surface area is 130 Å². The van der Waals surface area contributed by atoms with Crippen LogP contribution >= 0.6 is 11.6 Å². The van der Waals surface area contributed by atoms with Crippen LogP contribution in [0.4, 0.5) is 5.69 Å². The van der Waals surface area contributed by atoms with Crippen LogP contribution in [0.3, 0.4) is 0 Å². The summed E-state index contributed by atoms with van der Waals surface area (Å²) in [7, 11) is 0. The summed E-state index contributed by atoms with van der Waals surface area (Å²) in [6.45, 7) is 5.42. The number of amides is 1. The van der Waals surface area contributed by atoms with Crippen LogP contribution in [0.25, 0.3) is 0 Å². The van der Waals surface area contributed by atoms with Gasteiger partial charge in [-0.1, -0.05) is 41.9 Å². The minimum atomic E-state index is -0.0676. The smallest absolute Gasteiger partial charge is 0.221 e. The van der Waals surface area contributed by atoms with Crippen molar-refractivity contribution in [3.8, 4) is 0 Å². The summed E-state index contributed by atoms with van der Waals surface area (Å²) in [5.74, 6) is 0.150. The molecule has 1 amide bonds. The fourth-order valence-electron chi connectivity index (χ4n) is 2.27. The normalized spacial score (nSPS) is 11.7. The maximum Gasteiger partial charge on any atom is 0.221 e. The lowest BCUT2D eigenvalue weighted by Crippen LogP contribution is -2.06. The van der Waals surface area contributed by atoms with Crippen molar-refractivity contribution in [2.75, 3.05) is 5.32 Å². The lowest BCUT2D eigenvalue weighted by molar-refractivity contribution is -0.114. The van der Waals surface area contributed by atoms with Gasteiger partial charge in [0.25, 0.3) is 0 Å². The van der Waals surface area contributed by atoms with Crippen LogP contribution in [-0.4, -0.2) is 5.91 Å². The highest BCUT2D eigenvalue weighted by Crippen LogP contribution is 2.24. The molecule has 0 radical (unpaired) electrons. The van der Waals surface area contributed by atoms with Crippen LogP contribution in [0.1, 0.15) is 24.0 Å². The maximum atomic E-state index is 11.0. The largest absolute Gasteiger partial charge is 0.326 e. The number of allylic oxidation sites excluding steroid dienone is 1. The molecule has 0 heterocycles. The Balaban J connectivity index is 2.13. The summed E-state index contributed by atoms with van der Waals surface area (Å²) in [6.07, 6.45) is 2.79. The summed E-state index contributed by atoms with van der Waals surface area (Å²) in [4.78, 5) is 11.0. The van der Waals surface area contributed by atoms with Gasteiger partial charge in [-0.3, -0.25) is 4.79 Å². The zero-order valence-corrected chi connectivity index (χ0v) is 12.7. The number of nitrogens with one attached hydrogen (secondary N) is 1. The summed E-state index contributed by atoms with van der Waals surface area (Å²) < 4.78 is 0. The summed E-state index contributed by atoms with van der Waals surface area (Å²) >= 11 is 6.02. The highest BCUT2D eigenvalue weighted by molar-refractivity contribution is 6.30. The maximum absolute atomic E-state index is 11.0. The van der Waals surface area contributed by atoms with Crippen molar-refractivity contribution in [2.24, 2.45) is 0 Å². The van der Waals surface area contributed by atoms with Gasteiger partial charge in [-0.2, -0.15) is 0 Å². The van der Waals surface area contributed by atoms with Gasteiger partial charge in [0.05, 0.1) is 0 Å². The van der Waals surface area contributed by atoms with E-state index in [4.69, 9.17) is 11.6 Å². The van der Waals surface area contributed by atoms with E-state index in [2.05, 4.69) is 18.0 Å². The molecule has 3 heteroatoms. The molecule has 0 unspecified atom stereocenters. The highest BCUT2D eigenvalue weighted by atomic mass is 35.5. The predicted molar refractivity (Wildman–Crippen MR) is 88.8 cm³/mol. The number of carbonyl (C=O) groups excluding carboxylic acids is 1. The molecule has 2 aromatic rings. The molecular weight excluding hydrogens is 282 g/mol. The summed E-state index contributed by atoms with van der Waals surface area (Å²) in [5, 5.41) is 3.51. The van der Waals surface area contributed by atoms with Gasteiger partial charge in [-0.05, 0) is 41.8 Å². The van der Waals surface area contributed by atoms with Gasteiger partial charge in [0.1, 0.15) is 0 Å². The topological polar surface area (TPSA) is 29.1 Å². The zero-order valence-electron chi connectivity index (χ0n) is 12.0. The van der Waals surface area contributed by atoms with Gasteiger partial charge in [-0.15, -0.1) is 6.58 Å². The van der Waals surface area contributed by atoms with Crippen LogP contribution < -0.4 is 5.32 Å². The fraction of sp³-hybridized carbons (Fsp3) is 0.167. The minimum Gasteiger partial charge on any atom is -0.326 e. The molecule has 0 aromatic heterocycles. The zero-order chi connectivity index (χ0) is 15.2. The van der Waals surface area contributed by atoms with Crippen molar-refractivity contribution < 1.29 is 4.79 Å². The van der Waals surface area contributed by atoms with E-state index in [1.54, 1.807) is 0 Å². The first-order chi connectivity index (χ1) is 10.1. The molecule has 0 fully saturated rings. The van der Waals surface area contributed by atoms with E-state index in [-0.39, 0.29) is 11.8 Å². The second-order valence-electron chi connectivity index (χ2n) is 4.98. The Morgan fingerprint density at radius 3 is 2.57 bits per heavy atom. The van der Waals surface area contributed by atoms with E-state index in [0.29, 0.717) is 0 Å². The van der Waals surface area contributed by atoms with Gasteiger partial charge in [-0.25, -0.2) is 0 Å². The number of rotatable bonds is 5. The molecule has 0 saturated carbocycles. The van der Waals surface area contributed by atoms with Gasteiger partial charge >= 0.3 is 0 Å². The first-order valence-electron chi connectivity index (χ1n) is 6.83. The van der Waals surface area contributed by atoms with Crippen LogP contribution in [0.15, 0.2) is 61.2 Å². The number of anilines is 1. The molecule has 0 aliphatic heterocycles. The number of hydrogen-bond donors (Lipinski definition) is 1. The summed E-state index contributed by atoms with van der Waals surface area (Å²) in [5.41, 5.74) is 3.15. The van der Waals surface area contributed by atoms with Crippen LogP contribution in [0.2, 0.25) is 5.02 Å². The average molecular weight is 300 g/mol. The first-order valence-corrected chi connectivity index (χ1v) is 7.21. The van der Waals surface area contributed by atoms with E-state index in [1.807, 2.05) is 48.5 Å². The van der Waals surface area contributed by atoms with E-state index in [0.717, 1.165) is 17.1 Å². The van der Waals surface area contributed by atoms with Crippen LogP contribution in [0, 0.1) is 0 Å². The molecule has 0 aliphatic carbocycles. The lowest BCUT2D eigenvalue weighted by Gasteiger charge is -2.14. The molecule has 21 heavy (non-hydrogen) atoms. The van der Waals surface area contributed by atoms with Crippen molar-refractivity contribution >= 4 is 23.2 Å². The second kappa shape index (κ2) is 7.09. The van der Waals surface area contributed by atoms with Gasteiger partial charge in [0.15, 0.2) is 0 Å². The van der Waals surface area contributed by atoms with Gasteiger partial charge < -0.3 is 5.32 Å². The Hall–Kier alpha value is -2.06. The lowest BCUT2D eigenvalue weighted by atomic mass is 9.92. The molecule has 2 aromatic carbocycles. The Morgan fingerprint density at radius 1 is 1.29 bits per heavy atom. The SMILES string of the molecule is C=C[C@@H](Cc1cccc(Cl)c1)c1ccc(NC(C)=O)cc1. The molecule has 2 rings (SSSR count). The van der Waals surface area contributed by atoms with E-state index < -0.39 is 0 Å². The predicted octanol–water partition coefficient (Wildman–Crippen LogP) is 4.81. The van der Waals surface area contributed by atoms with E-state index >= 15 is 0 Å². The van der Waals surface area contributed by atoms with Crippen LogP contribution in [-0.2, 0) is 11.2 Å². The Kier molecular flexibility index (Phi) is 5.18. The van der Waals surface area contributed by atoms with Gasteiger partial charge in [0, 0.05) is 23.6 Å². The van der Waals surface area contributed by atoms with Crippen molar-refractivity contribution in [1.82, 2.24) is 0 Å². The number of hydrogen-bond acceptors (Lipinski definition) is 1. The van der Waals surface area contributed by atoms with E-state index in [1.165, 1.54) is 18.1 Å². The number of halogens is 1. The molecule has 1 N–H and O–H groups in total. The van der Waals surface area contributed by atoms with Crippen molar-refractivity contribution in [1.29, 1.82) is 0 Å². The van der Waals surface area contributed by atoms with Crippen LogP contribution in [0.5, 0.6) is 0 Å². The monoisotopic (exact) mass is 299 g/mol. The minimum absolute atomic E-state index is 0.0676. The summed E-state index contributed by atoms with van der Waals surface area (Å²) in [6, 6.07) is 15.7. The third-order valence-electron chi connectivity index (χ3n) is 3.29. The molecule has 0 saturated heterocycles. The number of benzene rings is 2. The average Bonchev–Trinajstić information content (AvgIpc) is 2.45. The quantitative estimate of drug-likeness (QED) is 0.789. The third-order valence-corrected chi connectivity index (χ3v) is 3.52. The molecular formula is C18H18ClNO. The second-order valence-corrected chi connectivity index (χ2v) is 5.42. The molecule has 0 spiro atoms. The standard InChI is InChI=1S/C18H18ClNO/c1-3-15(11-14-5-4-6-17(19)12-14)16-7-9-18(10-8-16)20-13(2)21/h3-10,12,15H,1,11H2,2H3,(H,20,21)/t15-/m0/s1. The third kappa shape index (κ3) is 4.47. The first kappa shape index (κ1) is 15.3. The van der Waals surface area contributed by atoms with Crippen molar-refractivity contribution in [2.45, 2.75) is 19.3 Å². The Bertz CT molecular complexity index is 634. The molecule has 0 bridgehead atoms. The molecule has 108 valence electrons. The number of carbonyl (C=O) groups is 1. The fourth-order valence-corrected chi connectivity index (χ4v) is 2.48. The highest BCUT2D eigenvalue weighted by Gasteiger charge is 2.09. The van der Waals surface area contributed by atoms with E-state index in [9.17, 15) is 4.79 Å². The molecule has 0 aliphatic rings. The van der Waals surface area contributed by atoms with Crippen molar-refractivity contribution in [3.05, 3.63) is 77.3 Å². The van der Waals surface area contributed by atoms with Gasteiger partial charge in [0.2, 0.25) is 5.91 Å². The Morgan fingerprint density at radius 2 is 2.00 bits per heavy atom. The molecule has 1 atom stereocenters.